The summed E-state index contributed by atoms with van der Waals surface area (Å²) < 4.78 is 32.6. The van der Waals surface area contributed by atoms with Crippen LogP contribution in [0.15, 0.2) is 23.1 Å². The van der Waals surface area contributed by atoms with Crippen molar-refractivity contribution < 1.29 is 18.3 Å². The first-order valence-corrected chi connectivity index (χ1v) is 8.69. The summed E-state index contributed by atoms with van der Waals surface area (Å²) in [6.45, 7) is 3.53. The highest BCUT2D eigenvalue weighted by Gasteiger charge is 2.29. The lowest BCUT2D eigenvalue weighted by Gasteiger charge is -2.33. The van der Waals surface area contributed by atoms with Gasteiger partial charge in [-0.25, -0.2) is 13.1 Å². The number of halogens is 1. The highest BCUT2D eigenvalue weighted by atomic mass is 35.5. The lowest BCUT2D eigenvalue weighted by Crippen LogP contribution is -2.39. The molecule has 1 fully saturated rings. The van der Waals surface area contributed by atoms with E-state index in [-0.39, 0.29) is 21.9 Å². The van der Waals surface area contributed by atoms with Gasteiger partial charge in [-0.3, -0.25) is 0 Å². The van der Waals surface area contributed by atoms with Gasteiger partial charge in [-0.2, -0.15) is 0 Å². The summed E-state index contributed by atoms with van der Waals surface area (Å²) in [6, 6.07) is 4.33. The number of sulfonamides is 1. The van der Waals surface area contributed by atoms with E-state index in [1.165, 1.54) is 18.2 Å². The van der Waals surface area contributed by atoms with Crippen molar-refractivity contribution >= 4 is 21.6 Å². The molecule has 2 N–H and O–H groups in total. The minimum absolute atomic E-state index is 0.0832. The molecule has 1 aliphatic rings. The van der Waals surface area contributed by atoms with Crippen molar-refractivity contribution in [2.75, 3.05) is 19.8 Å². The molecule has 1 aromatic carbocycles. The summed E-state index contributed by atoms with van der Waals surface area (Å²) in [5, 5.41) is 9.31. The van der Waals surface area contributed by atoms with Gasteiger partial charge in [-0.05, 0) is 36.0 Å². The highest BCUT2D eigenvalue weighted by molar-refractivity contribution is 7.89. The Labute approximate surface area is 130 Å². The van der Waals surface area contributed by atoms with Crippen molar-refractivity contribution in [3.05, 3.63) is 28.8 Å². The highest BCUT2D eigenvalue weighted by Crippen LogP contribution is 2.29. The molecular formula is C14H20ClNO4S. The summed E-state index contributed by atoms with van der Waals surface area (Å²) in [6.07, 6.45) is 1.67. The Bertz CT molecular complexity index is 597. The van der Waals surface area contributed by atoms with Crippen molar-refractivity contribution in [2.24, 2.45) is 5.41 Å². The monoisotopic (exact) mass is 333 g/mol. The Kier molecular flexibility index (Phi) is 5.27. The average molecular weight is 334 g/mol. The third-order valence-corrected chi connectivity index (χ3v) is 5.64. The standard InChI is InChI=1S/C14H20ClNO4S/c1-14(4-6-20-7-5-14)10-16-21(18,19)12-3-2-11(9-17)13(15)8-12/h2-3,8,16-17H,4-7,9-10H2,1H3. The predicted molar refractivity (Wildman–Crippen MR) is 80.7 cm³/mol. The maximum Gasteiger partial charge on any atom is 0.240 e. The zero-order valence-electron chi connectivity index (χ0n) is 11.9. The van der Waals surface area contributed by atoms with Crippen LogP contribution < -0.4 is 4.72 Å². The maximum absolute atomic E-state index is 12.3. The maximum atomic E-state index is 12.3. The molecule has 0 atom stereocenters. The summed E-state index contributed by atoms with van der Waals surface area (Å²) in [7, 11) is -3.60. The molecule has 1 heterocycles. The molecule has 0 unspecified atom stereocenters. The third-order valence-electron chi connectivity index (χ3n) is 3.89. The van der Waals surface area contributed by atoms with Crippen molar-refractivity contribution in [2.45, 2.75) is 31.3 Å². The molecule has 1 aromatic rings. The van der Waals surface area contributed by atoms with E-state index < -0.39 is 10.0 Å². The fraction of sp³-hybridized carbons (Fsp3) is 0.571. The molecule has 118 valence electrons. The van der Waals surface area contributed by atoms with E-state index in [2.05, 4.69) is 11.6 Å². The Morgan fingerprint density at radius 2 is 2.05 bits per heavy atom. The van der Waals surface area contributed by atoms with Gasteiger partial charge in [0.2, 0.25) is 10.0 Å². The first kappa shape index (κ1) is 16.7. The Balaban J connectivity index is 2.09. The van der Waals surface area contributed by atoms with Crippen LogP contribution in [0.5, 0.6) is 0 Å². The molecule has 0 saturated carbocycles. The van der Waals surface area contributed by atoms with Gasteiger partial charge >= 0.3 is 0 Å². The van der Waals surface area contributed by atoms with Gasteiger partial charge in [0.15, 0.2) is 0 Å². The van der Waals surface area contributed by atoms with Gasteiger partial charge < -0.3 is 9.84 Å². The molecule has 0 aliphatic carbocycles. The normalized spacial score (nSPS) is 18.6. The third kappa shape index (κ3) is 4.17. The van der Waals surface area contributed by atoms with Crippen molar-refractivity contribution in [3.63, 3.8) is 0 Å². The van der Waals surface area contributed by atoms with Crippen LogP contribution in [-0.4, -0.2) is 33.3 Å². The quantitative estimate of drug-likeness (QED) is 0.863. The molecule has 5 nitrogen and oxygen atoms in total. The van der Waals surface area contributed by atoms with E-state index in [1.54, 1.807) is 0 Å². The van der Waals surface area contributed by atoms with E-state index in [0.29, 0.717) is 25.3 Å². The number of aliphatic hydroxyl groups excluding tert-OH is 1. The summed E-state index contributed by atoms with van der Waals surface area (Å²) >= 11 is 5.94. The van der Waals surface area contributed by atoms with Crippen LogP contribution in [0.4, 0.5) is 0 Å². The topological polar surface area (TPSA) is 75.6 Å². The molecule has 0 spiro atoms. The molecule has 0 amide bonds. The van der Waals surface area contributed by atoms with Gasteiger partial charge in [0, 0.05) is 24.8 Å². The molecule has 1 saturated heterocycles. The largest absolute Gasteiger partial charge is 0.392 e. The lowest BCUT2D eigenvalue weighted by molar-refractivity contribution is 0.0265. The van der Waals surface area contributed by atoms with Gasteiger partial charge in [0.05, 0.1) is 11.5 Å². The van der Waals surface area contributed by atoms with E-state index in [1.807, 2.05) is 0 Å². The second kappa shape index (κ2) is 6.62. The number of benzene rings is 1. The van der Waals surface area contributed by atoms with Crippen LogP contribution in [0.3, 0.4) is 0 Å². The van der Waals surface area contributed by atoms with Crippen molar-refractivity contribution in [1.29, 1.82) is 0 Å². The number of nitrogens with one attached hydrogen (secondary N) is 1. The first-order chi connectivity index (χ1) is 9.86. The zero-order valence-corrected chi connectivity index (χ0v) is 13.5. The number of hydrogen-bond acceptors (Lipinski definition) is 4. The molecule has 0 aromatic heterocycles. The predicted octanol–water partition coefficient (Wildman–Crippen LogP) is 1.93. The lowest BCUT2D eigenvalue weighted by atomic mass is 9.83. The number of rotatable bonds is 5. The van der Waals surface area contributed by atoms with Crippen molar-refractivity contribution in [1.82, 2.24) is 4.72 Å². The molecule has 0 radical (unpaired) electrons. The molecule has 0 bridgehead atoms. The minimum atomic E-state index is -3.60. The smallest absolute Gasteiger partial charge is 0.240 e. The van der Waals surface area contributed by atoms with E-state index in [4.69, 9.17) is 21.4 Å². The zero-order chi connectivity index (χ0) is 15.5. The Morgan fingerprint density at radius 3 is 2.62 bits per heavy atom. The number of ether oxygens (including phenoxy) is 1. The van der Waals surface area contributed by atoms with Crippen molar-refractivity contribution in [3.8, 4) is 0 Å². The first-order valence-electron chi connectivity index (χ1n) is 6.83. The molecule has 7 heteroatoms. The van der Waals surface area contributed by atoms with Gasteiger partial charge in [-0.1, -0.05) is 24.6 Å². The van der Waals surface area contributed by atoms with E-state index in [0.717, 1.165) is 12.8 Å². The number of hydrogen-bond donors (Lipinski definition) is 2. The van der Waals surface area contributed by atoms with E-state index in [9.17, 15) is 8.42 Å². The Hall–Kier alpha value is -0.660. The molecule has 21 heavy (non-hydrogen) atoms. The fourth-order valence-electron chi connectivity index (χ4n) is 2.22. The van der Waals surface area contributed by atoms with Crippen LogP contribution in [0.25, 0.3) is 0 Å². The fourth-order valence-corrected chi connectivity index (χ4v) is 3.75. The van der Waals surface area contributed by atoms with Crippen LogP contribution in [0, 0.1) is 5.41 Å². The minimum Gasteiger partial charge on any atom is -0.392 e. The van der Waals surface area contributed by atoms with E-state index >= 15 is 0 Å². The van der Waals surface area contributed by atoms with Crippen LogP contribution >= 0.6 is 11.6 Å². The SMILES string of the molecule is CC1(CNS(=O)(=O)c2ccc(CO)c(Cl)c2)CCOCC1. The van der Waals surface area contributed by atoms with Gasteiger partial charge in [0.1, 0.15) is 0 Å². The molecule has 2 rings (SSSR count). The van der Waals surface area contributed by atoms with Gasteiger partial charge in [-0.15, -0.1) is 0 Å². The second-order valence-corrected chi connectivity index (χ2v) is 7.83. The summed E-state index contributed by atoms with van der Waals surface area (Å²) in [4.78, 5) is 0.111. The number of aliphatic hydroxyl groups is 1. The van der Waals surface area contributed by atoms with Gasteiger partial charge in [0.25, 0.3) is 0 Å². The van der Waals surface area contributed by atoms with Crippen LogP contribution in [0.1, 0.15) is 25.3 Å². The molecular weight excluding hydrogens is 314 g/mol. The van der Waals surface area contributed by atoms with Crippen LogP contribution in [0.2, 0.25) is 5.02 Å². The molecule has 1 aliphatic heterocycles. The summed E-state index contributed by atoms with van der Waals surface area (Å²) in [5.74, 6) is 0. The average Bonchev–Trinajstić information content (AvgIpc) is 2.46. The Morgan fingerprint density at radius 1 is 1.38 bits per heavy atom. The second-order valence-electron chi connectivity index (χ2n) is 5.66. The van der Waals surface area contributed by atoms with Crippen LogP contribution in [-0.2, 0) is 21.4 Å². The summed E-state index contributed by atoms with van der Waals surface area (Å²) in [5.41, 5.74) is 0.423.